The van der Waals surface area contributed by atoms with Gasteiger partial charge in [0.15, 0.2) is 0 Å². The number of benzene rings is 1. The van der Waals surface area contributed by atoms with Crippen molar-refractivity contribution < 1.29 is 27.5 Å². The number of amides is 3. The number of carbonyl (C=O) groups excluding carboxylic acids is 2. The first-order chi connectivity index (χ1) is 18.2. The van der Waals surface area contributed by atoms with Crippen molar-refractivity contribution >= 4 is 17.6 Å². The van der Waals surface area contributed by atoms with Gasteiger partial charge in [-0.05, 0) is 29.4 Å². The van der Waals surface area contributed by atoms with E-state index in [4.69, 9.17) is 10.5 Å². The quantitative estimate of drug-likeness (QED) is 0.458. The Morgan fingerprint density at radius 3 is 2.29 bits per heavy atom. The number of alkyl halides is 3. The molecule has 7 nitrogen and oxygen atoms in total. The summed E-state index contributed by atoms with van der Waals surface area (Å²) in [5, 5.41) is 4.99. The maximum absolute atomic E-state index is 13.4. The maximum Gasteiger partial charge on any atom is 0.410 e. The van der Waals surface area contributed by atoms with Crippen molar-refractivity contribution in [1.29, 1.82) is 0 Å². The molecule has 0 aromatic heterocycles. The van der Waals surface area contributed by atoms with E-state index >= 15 is 0 Å². The molecule has 2 saturated carbocycles. The van der Waals surface area contributed by atoms with Crippen LogP contribution in [0.25, 0.3) is 0 Å². The second-order valence-corrected chi connectivity index (χ2v) is 11.6. The summed E-state index contributed by atoms with van der Waals surface area (Å²) in [5.74, 6) is 1.59. The van der Waals surface area contributed by atoms with Crippen LogP contribution >= 0.6 is 0 Å². The van der Waals surface area contributed by atoms with E-state index < -0.39 is 36.9 Å². The minimum absolute atomic E-state index is 0.0596. The SMILES string of the molecule is N[C@H](C(=O)Nc1ccc2c(c1)OC(CN1C[C@@H](C(F)(F)F)NC1=O)C2)C(C1CCCCC1)C1CCCCC1. The number of fused-ring (bicyclic) bond motifs is 1. The van der Waals surface area contributed by atoms with Crippen LogP contribution in [-0.4, -0.2) is 54.3 Å². The van der Waals surface area contributed by atoms with E-state index in [1.165, 1.54) is 38.5 Å². The lowest BCUT2D eigenvalue weighted by atomic mass is 9.66. The molecule has 4 aliphatic rings. The zero-order valence-electron chi connectivity index (χ0n) is 21.8. The number of rotatable bonds is 7. The zero-order valence-corrected chi connectivity index (χ0v) is 21.8. The fraction of sp³-hybridized carbons (Fsp3) is 0.714. The van der Waals surface area contributed by atoms with Crippen LogP contribution < -0.4 is 21.1 Å². The van der Waals surface area contributed by atoms with Crippen LogP contribution in [0.1, 0.15) is 69.8 Å². The molecule has 38 heavy (non-hydrogen) atoms. The van der Waals surface area contributed by atoms with Gasteiger partial charge in [-0.3, -0.25) is 4.79 Å². The number of nitrogens with zero attached hydrogens (tertiary/aromatic N) is 1. The van der Waals surface area contributed by atoms with E-state index in [0.717, 1.165) is 36.1 Å². The van der Waals surface area contributed by atoms with Crippen LogP contribution in [0.2, 0.25) is 0 Å². The minimum atomic E-state index is -4.48. The molecule has 2 aliphatic heterocycles. The Morgan fingerprint density at radius 2 is 1.71 bits per heavy atom. The fourth-order valence-corrected chi connectivity index (χ4v) is 7.07. The Labute approximate surface area is 222 Å². The molecule has 3 fully saturated rings. The topological polar surface area (TPSA) is 96.7 Å². The Hall–Kier alpha value is -2.49. The number of ether oxygens (including phenoxy) is 1. The lowest BCUT2D eigenvalue weighted by molar-refractivity contribution is -0.150. The molecule has 0 spiro atoms. The van der Waals surface area contributed by atoms with Gasteiger partial charge in [0.05, 0.1) is 19.1 Å². The predicted molar refractivity (Wildman–Crippen MR) is 138 cm³/mol. The van der Waals surface area contributed by atoms with Gasteiger partial charge in [0.2, 0.25) is 5.91 Å². The van der Waals surface area contributed by atoms with Crippen LogP contribution in [0, 0.1) is 17.8 Å². The van der Waals surface area contributed by atoms with E-state index in [1.54, 1.807) is 6.07 Å². The van der Waals surface area contributed by atoms with Gasteiger partial charge in [-0.15, -0.1) is 0 Å². The first kappa shape index (κ1) is 27.1. The molecule has 2 heterocycles. The average molecular weight is 537 g/mol. The van der Waals surface area contributed by atoms with Gasteiger partial charge in [0.25, 0.3) is 0 Å². The number of urea groups is 1. The smallest absolute Gasteiger partial charge is 0.410 e. The highest BCUT2D eigenvalue weighted by Gasteiger charge is 2.47. The van der Waals surface area contributed by atoms with E-state index in [1.807, 2.05) is 17.4 Å². The fourth-order valence-electron chi connectivity index (χ4n) is 7.07. The van der Waals surface area contributed by atoms with Gasteiger partial charge in [0.1, 0.15) is 17.9 Å². The summed E-state index contributed by atoms with van der Waals surface area (Å²) in [5.41, 5.74) is 8.17. The summed E-state index contributed by atoms with van der Waals surface area (Å²) in [6, 6.07) is 2.25. The number of nitrogens with two attached hydrogens (primary N) is 1. The van der Waals surface area contributed by atoms with E-state index in [-0.39, 0.29) is 18.4 Å². The van der Waals surface area contributed by atoms with Crippen molar-refractivity contribution in [3.05, 3.63) is 23.8 Å². The monoisotopic (exact) mass is 536 g/mol. The third-order valence-corrected chi connectivity index (χ3v) is 8.99. The van der Waals surface area contributed by atoms with Crippen LogP contribution in [0.4, 0.5) is 23.7 Å². The van der Waals surface area contributed by atoms with E-state index in [0.29, 0.717) is 29.7 Å². The standard InChI is InChI=1S/C28H39F3N4O3/c29-28(30,31)23-16-35(27(37)34-23)15-21-13-19-11-12-20(14-22(19)38-21)33-26(36)25(32)24(17-7-3-1-4-8-17)18-9-5-2-6-10-18/h11-12,14,17-18,21,23-25H,1-10,13,15-16,32H2,(H,33,36)(H,34,37)/t21?,23-,25-/m0/s1. The molecule has 1 unspecified atom stereocenters. The van der Waals surface area contributed by atoms with Crippen LogP contribution in [0.5, 0.6) is 5.75 Å². The molecule has 210 valence electrons. The molecule has 2 aliphatic carbocycles. The summed E-state index contributed by atoms with van der Waals surface area (Å²) >= 11 is 0. The highest BCUT2D eigenvalue weighted by molar-refractivity contribution is 5.95. The second kappa shape index (κ2) is 11.3. The number of hydrogen-bond donors (Lipinski definition) is 3. The van der Waals surface area contributed by atoms with Crippen molar-refractivity contribution in [1.82, 2.24) is 10.2 Å². The van der Waals surface area contributed by atoms with Crippen molar-refractivity contribution in [3.63, 3.8) is 0 Å². The predicted octanol–water partition coefficient (Wildman–Crippen LogP) is 4.99. The molecule has 0 bridgehead atoms. The molecule has 10 heteroatoms. The number of carbonyl (C=O) groups is 2. The molecule has 5 rings (SSSR count). The van der Waals surface area contributed by atoms with Gasteiger partial charge < -0.3 is 26.0 Å². The van der Waals surface area contributed by atoms with Crippen molar-refractivity contribution in [2.24, 2.45) is 23.5 Å². The Bertz CT molecular complexity index is 990. The van der Waals surface area contributed by atoms with E-state index in [9.17, 15) is 22.8 Å². The first-order valence-electron chi connectivity index (χ1n) is 14.2. The normalized spacial score (nSPS) is 25.7. The lowest BCUT2D eigenvalue weighted by Gasteiger charge is -2.40. The summed E-state index contributed by atoms with van der Waals surface area (Å²) in [4.78, 5) is 26.5. The molecular formula is C28H39F3N4O3. The van der Waals surface area contributed by atoms with Gasteiger partial charge in [0, 0.05) is 18.2 Å². The van der Waals surface area contributed by atoms with Crippen molar-refractivity contribution in [3.8, 4) is 5.75 Å². The Kier molecular flexibility index (Phi) is 8.07. The molecule has 1 aromatic carbocycles. The van der Waals surface area contributed by atoms with Crippen LogP contribution in [0.3, 0.4) is 0 Å². The molecular weight excluding hydrogens is 497 g/mol. The average Bonchev–Trinajstić information content (AvgIpc) is 3.48. The Morgan fingerprint density at radius 1 is 1.08 bits per heavy atom. The third-order valence-electron chi connectivity index (χ3n) is 8.99. The summed E-state index contributed by atoms with van der Waals surface area (Å²) in [6.45, 7) is -0.370. The largest absolute Gasteiger partial charge is 0.488 e. The second-order valence-electron chi connectivity index (χ2n) is 11.6. The highest BCUT2D eigenvalue weighted by atomic mass is 19.4. The molecule has 0 radical (unpaired) electrons. The van der Waals surface area contributed by atoms with Crippen molar-refractivity contribution in [2.45, 2.75) is 95.0 Å². The van der Waals surface area contributed by atoms with Gasteiger partial charge in [-0.25, -0.2) is 4.79 Å². The number of nitrogens with one attached hydrogen (secondary N) is 2. The minimum Gasteiger partial charge on any atom is -0.488 e. The number of hydrogen-bond acceptors (Lipinski definition) is 4. The molecule has 4 N–H and O–H groups in total. The third kappa shape index (κ3) is 6.05. The first-order valence-corrected chi connectivity index (χ1v) is 14.2. The molecule has 1 aromatic rings. The van der Waals surface area contributed by atoms with Crippen LogP contribution in [-0.2, 0) is 11.2 Å². The zero-order chi connectivity index (χ0) is 26.9. The van der Waals surface area contributed by atoms with Gasteiger partial charge >= 0.3 is 12.2 Å². The Balaban J connectivity index is 1.20. The van der Waals surface area contributed by atoms with Gasteiger partial charge in [-0.2, -0.15) is 13.2 Å². The molecule has 1 saturated heterocycles. The highest BCUT2D eigenvalue weighted by Crippen LogP contribution is 2.41. The van der Waals surface area contributed by atoms with Crippen molar-refractivity contribution in [2.75, 3.05) is 18.4 Å². The molecule has 3 atom stereocenters. The van der Waals surface area contributed by atoms with Gasteiger partial charge in [-0.1, -0.05) is 70.3 Å². The summed E-state index contributed by atoms with van der Waals surface area (Å²) in [6.07, 6.45) is 7.51. The van der Waals surface area contributed by atoms with E-state index in [2.05, 4.69) is 5.32 Å². The lowest BCUT2D eigenvalue weighted by Crippen LogP contribution is -2.48. The van der Waals surface area contributed by atoms with Crippen LogP contribution in [0.15, 0.2) is 18.2 Å². The summed E-state index contributed by atoms with van der Waals surface area (Å²) < 4.78 is 44.9. The summed E-state index contributed by atoms with van der Waals surface area (Å²) in [7, 11) is 0. The molecule has 3 amide bonds. The number of anilines is 1. The maximum atomic E-state index is 13.4. The number of halogens is 3.